The lowest BCUT2D eigenvalue weighted by Crippen LogP contribution is -2.11. The molecule has 1 aromatic rings. The Hall–Kier alpha value is -0.900. The van der Waals surface area contributed by atoms with Crippen molar-refractivity contribution >= 4 is 0 Å². The minimum Gasteiger partial charge on any atom is -0.340 e. The minimum atomic E-state index is -0.0657. The molecule has 13 heavy (non-hydrogen) atoms. The number of unbranched alkanes of at least 4 members (excludes halogenated alkanes) is 2. The number of nitrogens with zero attached hydrogens (tertiary/aromatic N) is 2. The molecular formula is C9H17N3O. The van der Waals surface area contributed by atoms with E-state index in [9.17, 15) is 0 Å². The summed E-state index contributed by atoms with van der Waals surface area (Å²) in [5, 5.41) is 3.78. The zero-order valence-electron chi connectivity index (χ0n) is 8.29. The largest absolute Gasteiger partial charge is 0.340 e. The van der Waals surface area contributed by atoms with Gasteiger partial charge >= 0.3 is 0 Å². The molecule has 1 aromatic heterocycles. The lowest BCUT2D eigenvalue weighted by molar-refractivity contribution is 0.381. The summed E-state index contributed by atoms with van der Waals surface area (Å²) in [6.07, 6.45) is 4.49. The second-order valence-electron chi connectivity index (χ2n) is 3.27. The first-order chi connectivity index (χ1) is 6.24. The SMILES string of the molecule is CCCCCC(N)c1noc(C)n1. The number of nitrogens with two attached hydrogens (primary N) is 1. The van der Waals surface area contributed by atoms with Crippen molar-refractivity contribution < 1.29 is 4.52 Å². The van der Waals surface area contributed by atoms with Gasteiger partial charge in [0.1, 0.15) is 0 Å². The van der Waals surface area contributed by atoms with Gasteiger partial charge in [-0.1, -0.05) is 31.3 Å². The van der Waals surface area contributed by atoms with Crippen LogP contribution in [-0.2, 0) is 0 Å². The molecule has 1 unspecified atom stereocenters. The van der Waals surface area contributed by atoms with Crippen LogP contribution in [0.2, 0.25) is 0 Å². The zero-order chi connectivity index (χ0) is 9.68. The molecule has 0 aliphatic rings. The van der Waals surface area contributed by atoms with E-state index < -0.39 is 0 Å². The summed E-state index contributed by atoms with van der Waals surface area (Å²) in [6, 6.07) is -0.0657. The van der Waals surface area contributed by atoms with Crippen LogP contribution in [0.15, 0.2) is 4.52 Å². The van der Waals surface area contributed by atoms with Gasteiger partial charge in [0.05, 0.1) is 6.04 Å². The summed E-state index contributed by atoms with van der Waals surface area (Å²) < 4.78 is 4.85. The monoisotopic (exact) mass is 183 g/mol. The molecule has 1 atom stereocenters. The fourth-order valence-corrected chi connectivity index (χ4v) is 1.21. The van der Waals surface area contributed by atoms with E-state index in [0.29, 0.717) is 11.7 Å². The zero-order valence-corrected chi connectivity index (χ0v) is 8.29. The number of aromatic nitrogens is 2. The van der Waals surface area contributed by atoms with Crippen LogP contribution in [0.4, 0.5) is 0 Å². The Balaban J connectivity index is 2.35. The van der Waals surface area contributed by atoms with Crippen LogP contribution in [0.3, 0.4) is 0 Å². The Kier molecular flexibility index (Phi) is 3.89. The molecule has 0 amide bonds. The highest BCUT2D eigenvalue weighted by Gasteiger charge is 2.11. The fraction of sp³-hybridized carbons (Fsp3) is 0.778. The summed E-state index contributed by atoms with van der Waals surface area (Å²) in [5.41, 5.74) is 5.86. The molecule has 4 heteroatoms. The van der Waals surface area contributed by atoms with Gasteiger partial charge in [0.2, 0.25) is 5.89 Å². The lowest BCUT2D eigenvalue weighted by atomic mass is 10.1. The molecule has 0 fully saturated rings. The second-order valence-corrected chi connectivity index (χ2v) is 3.27. The minimum absolute atomic E-state index is 0.0657. The lowest BCUT2D eigenvalue weighted by Gasteiger charge is -2.04. The van der Waals surface area contributed by atoms with Crippen molar-refractivity contribution in [3.8, 4) is 0 Å². The van der Waals surface area contributed by atoms with Gasteiger partial charge in [-0.2, -0.15) is 4.98 Å². The molecule has 1 heterocycles. The van der Waals surface area contributed by atoms with E-state index in [1.807, 2.05) is 0 Å². The van der Waals surface area contributed by atoms with Crippen LogP contribution < -0.4 is 5.73 Å². The van der Waals surface area contributed by atoms with Gasteiger partial charge < -0.3 is 10.3 Å². The van der Waals surface area contributed by atoms with Crippen molar-refractivity contribution in [2.24, 2.45) is 5.73 Å². The Labute approximate surface area is 78.5 Å². The molecule has 74 valence electrons. The molecule has 0 radical (unpaired) electrons. The van der Waals surface area contributed by atoms with Crippen LogP contribution in [0.25, 0.3) is 0 Å². The molecule has 2 N–H and O–H groups in total. The highest BCUT2D eigenvalue weighted by molar-refractivity contribution is 4.91. The molecule has 0 spiro atoms. The Morgan fingerprint density at radius 2 is 2.23 bits per heavy atom. The summed E-state index contributed by atoms with van der Waals surface area (Å²) in [5.74, 6) is 1.22. The maximum atomic E-state index is 5.86. The van der Waals surface area contributed by atoms with E-state index in [0.717, 1.165) is 12.8 Å². The van der Waals surface area contributed by atoms with Gasteiger partial charge in [0.15, 0.2) is 5.82 Å². The number of aryl methyl sites for hydroxylation is 1. The van der Waals surface area contributed by atoms with Crippen molar-refractivity contribution in [1.29, 1.82) is 0 Å². The van der Waals surface area contributed by atoms with Crippen LogP contribution >= 0.6 is 0 Å². The highest BCUT2D eigenvalue weighted by atomic mass is 16.5. The van der Waals surface area contributed by atoms with Gasteiger partial charge in [-0.05, 0) is 6.42 Å². The van der Waals surface area contributed by atoms with Crippen molar-refractivity contribution in [3.05, 3.63) is 11.7 Å². The number of hydrogen-bond acceptors (Lipinski definition) is 4. The molecule has 0 aromatic carbocycles. The average molecular weight is 183 g/mol. The highest BCUT2D eigenvalue weighted by Crippen LogP contribution is 2.13. The maximum Gasteiger partial charge on any atom is 0.223 e. The van der Waals surface area contributed by atoms with E-state index in [-0.39, 0.29) is 6.04 Å². The van der Waals surface area contributed by atoms with Gasteiger partial charge in [-0.3, -0.25) is 0 Å². The third-order valence-electron chi connectivity index (χ3n) is 1.99. The van der Waals surface area contributed by atoms with Crippen LogP contribution in [0.1, 0.15) is 50.4 Å². The molecule has 0 saturated carbocycles. The Bertz CT molecular complexity index is 247. The number of rotatable bonds is 5. The van der Waals surface area contributed by atoms with E-state index in [4.69, 9.17) is 10.3 Å². The molecule has 1 rings (SSSR count). The third-order valence-corrected chi connectivity index (χ3v) is 1.99. The van der Waals surface area contributed by atoms with E-state index in [1.165, 1.54) is 12.8 Å². The van der Waals surface area contributed by atoms with E-state index >= 15 is 0 Å². The summed E-state index contributed by atoms with van der Waals surface area (Å²) in [4.78, 5) is 4.09. The first-order valence-electron chi connectivity index (χ1n) is 4.79. The quantitative estimate of drug-likeness (QED) is 0.709. The summed E-state index contributed by atoms with van der Waals surface area (Å²) in [6.45, 7) is 3.94. The normalized spacial score (nSPS) is 13.2. The smallest absolute Gasteiger partial charge is 0.223 e. The average Bonchev–Trinajstić information content (AvgIpc) is 2.52. The van der Waals surface area contributed by atoms with Gasteiger partial charge in [-0.25, -0.2) is 0 Å². The summed E-state index contributed by atoms with van der Waals surface area (Å²) in [7, 11) is 0. The topological polar surface area (TPSA) is 64.9 Å². The van der Waals surface area contributed by atoms with Crippen molar-refractivity contribution in [2.75, 3.05) is 0 Å². The Morgan fingerprint density at radius 1 is 1.46 bits per heavy atom. The molecule has 0 bridgehead atoms. The van der Waals surface area contributed by atoms with Gasteiger partial charge in [-0.15, -0.1) is 0 Å². The number of hydrogen-bond donors (Lipinski definition) is 1. The molecule has 0 aliphatic carbocycles. The first kappa shape index (κ1) is 10.2. The van der Waals surface area contributed by atoms with Crippen LogP contribution in [0.5, 0.6) is 0 Å². The van der Waals surface area contributed by atoms with Gasteiger partial charge in [0, 0.05) is 6.92 Å². The maximum absolute atomic E-state index is 5.86. The second kappa shape index (κ2) is 4.97. The molecular weight excluding hydrogens is 166 g/mol. The van der Waals surface area contributed by atoms with E-state index in [2.05, 4.69) is 17.1 Å². The first-order valence-corrected chi connectivity index (χ1v) is 4.79. The molecule has 0 aliphatic heterocycles. The van der Waals surface area contributed by atoms with Crippen LogP contribution in [0, 0.1) is 6.92 Å². The third kappa shape index (κ3) is 3.14. The van der Waals surface area contributed by atoms with Crippen molar-refractivity contribution in [2.45, 2.75) is 45.6 Å². The van der Waals surface area contributed by atoms with Crippen molar-refractivity contribution in [3.63, 3.8) is 0 Å². The Morgan fingerprint density at radius 3 is 2.77 bits per heavy atom. The summed E-state index contributed by atoms with van der Waals surface area (Å²) >= 11 is 0. The fourth-order valence-electron chi connectivity index (χ4n) is 1.21. The molecule has 0 saturated heterocycles. The predicted octanol–water partition coefficient (Wildman–Crippen LogP) is 1.96. The van der Waals surface area contributed by atoms with Gasteiger partial charge in [0.25, 0.3) is 0 Å². The van der Waals surface area contributed by atoms with E-state index in [1.54, 1.807) is 6.92 Å². The predicted molar refractivity (Wildman–Crippen MR) is 50.1 cm³/mol. The molecule has 4 nitrogen and oxygen atoms in total. The van der Waals surface area contributed by atoms with Crippen molar-refractivity contribution in [1.82, 2.24) is 10.1 Å². The standard InChI is InChI=1S/C9H17N3O/c1-3-4-5-6-8(10)9-11-7(2)13-12-9/h8H,3-6,10H2,1-2H3. The van der Waals surface area contributed by atoms with Crippen LogP contribution in [-0.4, -0.2) is 10.1 Å².